The summed E-state index contributed by atoms with van der Waals surface area (Å²) in [6, 6.07) is 12.0. The highest BCUT2D eigenvalue weighted by molar-refractivity contribution is 6.37. The first-order chi connectivity index (χ1) is 16.7. The van der Waals surface area contributed by atoms with E-state index < -0.39 is 23.5 Å². The molecule has 8 nitrogen and oxygen atoms in total. The van der Waals surface area contributed by atoms with E-state index in [1.54, 1.807) is 36.4 Å². The van der Waals surface area contributed by atoms with Gasteiger partial charge in [-0.1, -0.05) is 23.7 Å². The van der Waals surface area contributed by atoms with Crippen LogP contribution in [0.3, 0.4) is 0 Å². The number of anilines is 1. The summed E-state index contributed by atoms with van der Waals surface area (Å²) in [7, 11) is 1.44. The average molecular weight is 505 g/mol. The third kappa shape index (κ3) is 4.30. The lowest BCUT2D eigenvalue weighted by Gasteiger charge is -2.18. The monoisotopic (exact) mass is 504 g/mol. The number of benzene rings is 2. The van der Waals surface area contributed by atoms with Crippen molar-refractivity contribution in [2.24, 2.45) is 0 Å². The first-order valence-corrected chi connectivity index (χ1v) is 10.6. The molecule has 35 heavy (non-hydrogen) atoms. The summed E-state index contributed by atoms with van der Waals surface area (Å²) < 4.78 is 58.4. The Labute approximate surface area is 201 Å². The second-order valence-corrected chi connectivity index (χ2v) is 7.84. The van der Waals surface area contributed by atoms with Crippen LogP contribution in [0.4, 0.5) is 18.9 Å². The van der Waals surface area contributed by atoms with Gasteiger partial charge >= 0.3 is 6.18 Å². The summed E-state index contributed by atoms with van der Waals surface area (Å²) in [5, 5.41) is 6.09. The lowest BCUT2D eigenvalue weighted by atomic mass is 10.1. The topological polar surface area (TPSA) is 87.0 Å². The molecule has 0 unspecified atom stereocenters. The lowest BCUT2D eigenvalue weighted by molar-refractivity contribution is -0.142. The zero-order valence-electron chi connectivity index (χ0n) is 18.0. The third-order valence-electron chi connectivity index (χ3n) is 5.20. The van der Waals surface area contributed by atoms with Crippen molar-refractivity contribution in [2.45, 2.75) is 6.18 Å². The molecule has 0 spiro atoms. The number of fused-ring (bicyclic) bond motifs is 2. The Hall–Kier alpha value is -3.99. The molecule has 0 atom stereocenters. The van der Waals surface area contributed by atoms with E-state index in [0.717, 1.165) is 6.07 Å². The van der Waals surface area contributed by atoms with E-state index >= 15 is 0 Å². The molecule has 0 saturated carbocycles. The largest absolute Gasteiger partial charge is 0.497 e. The summed E-state index contributed by atoms with van der Waals surface area (Å²) >= 11 is 6.33. The fourth-order valence-electron chi connectivity index (χ4n) is 3.58. The number of alkyl halides is 3. The highest BCUT2D eigenvalue weighted by atomic mass is 35.5. The summed E-state index contributed by atoms with van der Waals surface area (Å²) in [5.74, 6) is 0.577. The van der Waals surface area contributed by atoms with Crippen LogP contribution >= 0.6 is 11.6 Å². The molecule has 3 heterocycles. The van der Waals surface area contributed by atoms with Crippen molar-refractivity contribution in [1.29, 1.82) is 0 Å². The number of methoxy groups -OCH3 is 1. The van der Waals surface area contributed by atoms with Gasteiger partial charge in [-0.3, -0.25) is 4.79 Å². The number of carbonyl (C=O) groups excluding carboxylic acids is 1. The molecule has 180 valence electrons. The lowest BCUT2D eigenvalue weighted by Crippen LogP contribution is -2.17. The van der Waals surface area contributed by atoms with E-state index in [2.05, 4.69) is 15.4 Å². The first kappa shape index (κ1) is 22.8. The number of amides is 1. The smallest absolute Gasteiger partial charge is 0.433 e. The van der Waals surface area contributed by atoms with Crippen LogP contribution in [0.15, 0.2) is 48.5 Å². The summed E-state index contributed by atoms with van der Waals surface area (Å²) in [6.07, 6.45) is -4.80. The Balaban J connectivity index is 1.57. The molecule has 12 heteroatoms. The van der Waals surface area contributed by atoms with Crippen molar-refractivity contribution in [1.82, 2.24) is 14.6 Å². The Morgan fingerprint density at radius 1 is 1.11 bits per heavy atom. The number of rotatable bonds is 4. The van der Waals surface area contributed by atoms with Gasteiger partial charge in [0.15, 0.2) is 28.5 Å². The van der Waals surface area contributed by atoms with Crippen LogP contribution in [0.2, 0.25) is 5.02 Å². The number of hydrogen-bond acceptors (Lipinski definition) is 6. The Morgan fingerprint density at radius 3 is 2.63 bits per heavy atom. The second-order valence-electron chi connectivity index (χ2n) is 7.47. The number of halogens is 4. The number of nitrogens with zero attached hydrogens (tertiary/aromatic N) is 3. The minimum atomic E-state index is -4.80. The molecule has 0 radical (unpaired) electrons. The van der Waals surface area contributed by atoms with Crippen LogP contribution in [-0.2, 0) is 6.18 Å². The first-order valence-electron chi connectivity index (χ1n) is 10.3. The van der Waals surface area contributed by atoms with Gasteiger partial charge in [0.25, 0.3) is 5.91 Å². The molecule has 0 aliphatic carbocycles. The fourth-order valence-corrected chi connectivity index (χ4v) is 3.83. The van der Waals surface area contributed by atoms with Gasteiger partial charge in [0, 0.05) is 17.3 Å². The molecule has 1 aliphatic heterocycles. The van der Waals surface area contributed by atoms with Gasteiger partial charge in [0.2, 0.25) is 0 Å². The Kier molecular flexibility index (Phi) is 5.64. The average Bonchev–Trinajstić information content (AvgIpc) is 3.19. The van der Waals surface area contributed by atoms with Gasteiger partial charge in [-0.2, -0.15) is 18.3 Å². The number of ether oxygens (including phenoxy) is 3. The zero-order chi connectivity index (χ0) is 24.7. The standard InChI is InChI=1S/C23H16ClF3N4O4/c1-33-14-4-2-3-12(9-14)15-11-18(23(25,26)27)31-21(29-15)19(24)20(30-31)22(32)28-13-5-6-16-17(10-13)35-8-7-34-16/h2-6,9-11H,7-8H2,1H3,(H,28,32). The minimum Gasteiger partial charge on any atom is -0.497 e. The molecule has 1 amide bonds. The molecule has 0 saturated heterocycles. The van der Waals surface area contributed by atoms with E-state index in [0.29, 0.717) is 46.2 Å². The Morgan fingerprint density at radius 2 is 1.89 bits per heavy atom. The van der Waals surface area contributed by atoms with Gasteiger partial charge in [-0.15, -0.1) is 0 Å². The molecule has 2 aromatic heterocycles. The SMILES string of the molecule is COc1cccc(-c2cc(C(F)(F)F)n3nc(C(=O)Nc4ccc5c(c4)OCCO5)c(Cl)c3n2)c1. The van der Waals surface area contributed by atoms with Crippen LogP contribution in [0, 0.1) is 0 Å². The van der Waals surface area contributed by atoms with Crippen molar-refractivity contribution in [2.75, 3.05) is 25.6 Å². The molecular formula is C23H16ClF3N4O4. The highest BCUT2D eigenvalue weighted by Crippen LogP contribution is 2.36. The quantitative estimate of drug-likeness (QED) is 0.416. The predicted molar refractivity (Wildman–Crippen MR) is 120 cm³/mol. The van der Waals surface area contributed by atoms with Crippen molar-refractivity contribution in [3.8, 4) is 28.5 Å². The maximum Gasteiger partial charge on any atom is 0.433 e. The molecule has 2 aromatic carbocycles. The van der Waals surface area contributed by atoms with E-state index in [4.69, 9.17) is 25.8 Å². The van der Waals surface area contributed by atoms with E-state index in [1.807, 2.05) is 0 Å². The maximum atomic E-state index is 13.9. The van der Waals surface area contributed by atoms with Crippen molar-refractivity contribution in [3.63, 3.8) is 0 Å². The van der Waals surface area contributed by atoms with Crippen molar-refractivity contribution >= 4 is 28.8 Å². The normalized spacial score (nSPS) is 13.1. The predicted octanol–water partition coefficient (Wildman–Crippen LogP) is 5.10. The summed E-state index contributed by atoms with van der Waals surface area (Å²) in [5.41, 5.74) is -1.18. The fraction of sp³-hybridized carbons (Fsp3) is 0.174. The van der Waals surface area contributed by atoms with Crippen LogP contribution in [0.1, 0.15) is 16.2 Å². The van der Waals surface area contributed by atoms with Crippen LogP contribution < -0.4 is 19.5 Å². The number of nitrogens with one attached hydrogen (secondary N) is 1. The second kappa shape index (κ2) is 8.66. The number of hydrogen-bond donors (Lipinski definition) is 1. The van der Waals surface area contributed by atoms with Gasteiger partial charge in [0.1, 0.15) is 24.0 Å². The van der Waals surface area contributed by atoms with Crippen molar-refractivity contribution in [3.05, 3.63) is 64.9 Å². The summed E-state index contributed by atoms with van der Waals surface area (Å²) in [4.78, 5) is 17.2. The van der Waals surface area contributed by atoms with E-state index in [-0.39, 0.29) is 16.4 Å². The third-order valence-corrected chi connectivity index (χ3v) is 5.55. The number of carbonyl (C=O) groups is 1. The van der Waals surface area contributed by atoms with Gasteiger partial charge < -0.3 is 19.5 Å². The van der Waals surface area contributed by atoms with Crippen molar-refractivity contribution < 1.29 is 32.2 Å². The van der Waals surface area contributed by atoms with Crippen LogP contribution in [0.25, 0.3) is 16.9 Å². The van der Waals surface area contributed by atoms with Crippen LogP contribution in [-0.4, -0.2) is 40.8 Å². The van der Waals surface area contributed by atoms with Gasteiger partial charge in [-0.05, 0) is 30.3 Å². The molecular weight excluding hydrogens is 489 g/mol. The summed E-state index contributed by atoms with van der Waals surface area (Å²) in [6.45, 7) is 0.756. The molecule has 1 N–H and O–H groups in total. The highest BCUT2D eigenvalue weighted by Gasteiger charge is 2.37. The van der Waals surface area contributed by atoms with Gasteiger partial charge in [-0.25, -0.2) is 9.50 Å². The minimum absolute atomic E-state index is 0.00989. The molecule has 0 fully saturated rings. The maximum absolute atomic E-state index is 13.9. The zero-order valence-corrected chi connectivity index (χ0v) is 18.8. The van der Waals surface area contributed by atoms with Crippen LogP contribution in [0.5, 0.6) is 17.2 Å². The van der Waals surface area contributed by atoms with E-state index in [1.165, 1.54) is 13.2 Å². The molecule has 0 bridgehead atoms. The molecule has 1 aliphatic rings. The Bertz CT molecular complexity index is 1450. The number of aromatic nitrogens is 3. The molecule has 5 rings (SSSR count). The van der Waals surface area contributed by atoms with Gasteiger partial charge in [0.05, 0.1) is 12.8 Å². The molecule has 4 aromatic rings. The van der Waals surface area contributed by atoms with E-state index in [9.17, 15) is 18.0 Å².